The molecule has 1 aliphatic rings. The number of aryl methyl sites for hydroxylation is 1. The fraction of sp³-hybridized carbons (Fsp3) is 0.727. The van der Waals surface area contributed by atoms with Gasteiger partial charge in [0.15, 0.2) is 0 Å². The fourth-order valence-electron chi connectivity index (χ4n) is 2.28. The van der Waals surface area contributed by atoms with Crippen molar-refractivity contribution in [3.05, 3.63) is 16.1 Å². The number of aromatic nitrogens is 1. The predicted octanol–water partition coefficient (Wildman–Crippen LogP) is 2.66. The number of nitrogens with zero attached hydrogens (tertiary/aromatic N) is 1. The molecule has 0 radical (unpaired) electrons. The summed E-state index contributed by atoms with van der Waals surface area (Å²) in [5, 5.41) is 3.30. The molecule has 14 heavy (non-hydrogen) atoms. The first-order chi connectivity index (χ1) is 6.68. The first kappa shape index (κ1) is 10.1. The van der Waals surface area contributed by atoms with Crippen LogP contribution in [0.3, 0.4) is 0 Å². The Balaban J connectivity index is 2.01. The van der Waals surface area contributed by atoms with Crippen LogP contribution < -0.4 is 5.73 Å². The molecule has 0 spiro atoms. The summed E-state index contributed by atoms with van der Waals surface area (Å²) in [4.78, 5) is 4.49. The van der Waals surface area contributed by atoms with Gasteiger partial charge in [0.1, 0.15) is 0 Å². The molecule has 1 aliphatic carbocycles. The van der Waals surface area contributed by atoms with Crippen molar-refractivity contribution in [3.8, 4) is 0 Å². The number of nitrogens with two attached hydrogens (primary N) is 1. The Bertz CT molecular complexity index is 300. The van der Waals surface area contributed by atoms with E-state index in [2.05, 4.69) is 17.3 Å². The molecule has 78 valence electrons. The Morgan fingerprint density at radius 1 is 1.43 bits per heavy atom. The number of rotatable bonds is 2. The van der Waals surface area contributed by atoms with Crippen LogP contribution in [0, 0.1) is 6.92 Å². The summed E-state index contributed by atoms with van der Waals surface area (Å²) in [5.74, 6) is 0. The maximum atomic E-state index is 6.36. The van der Waals surface area contributed by atoms with Gasteiger partial charge in [-0.2, -0.15) is 0 Å². The quantitative estimate of drug-likeness (QED) is 0.815. The van der Waals surface area contributed by atoms with Crippen molar-refractivity contribution < 1.29 is 0 Å². The predicted molar refractivity (Wildman–Crippen MR) is 60.6 cm³/mol. The maximum absolute atomic E-state index is 6.36. The highest BCUT2D eigenvalue weighted by Crippen LogP contribution is 2.29. The molecule has 0 atom stereocenters. The van der Waals surface area contributed by atoms with Crippen molar-refractivity contribution in [1.29, 1.82) is 0 Å². The molecule has 2 N–H and O–H groups in total. The van der Waals surface area contributed by atoms with Gasteiger partial charge in [-0.15, -0.1) is 11.3 Å². The van der Waals surface area contributed by atoms with E-state index in [0.717, 1.165) is 11.4 Å². The Morgan fingerprint density at radius 2 is 2.14 bits per heavy atom. The average Bonchev–Trinajstić information content (AvgIpc) is 2.51. The molecule has 0 bridgehead atoms. The zero-order valence-electron chi connectivity index (χ0n) is 8.75. The molecule has 0 saturated heterocycles. The van der Waals surface area contributed by atoms with Crippen LogP contribution in [0.5, 0.6) is 0 Å². The van der Waals surface area contributed by atoms with Crippen LogP contribution >= 0.6 is 11.3 Å². The van der Waals surface area contributed by atoms with E-state index in [1.807, 2.05) is 0 Å². The van der Waals surface area contributed by atoms with Gasteiger partial charge >= 0.3 is 0 Å². The fourth-order valence-corrected chi connectivity index (χ4v) is 2.90. The Kier molecular flexibility index (Phi) is 2.88. The third-order valence-corrected chi connectivity index (χ3v) is 3.87. The highest BCUT2D eigenvalue weighted by molar-refractivity contribution is 7.09. The molecule has 2 nitrogen and oxygen atoms in total. The summed E-state index contributed by atoms with van der Waals surface area (Å²) in [6, 6.07) is 0. The maximum Gasteiger partial charge on any atom is 0.0897 e. The van der Waals surface area contributed by atoms with Gasteiger partial charge in [0.25, 0.3) is 0 Å². The van der Waals surface area contributed by atoms with Crippen LogP contribution in [0.25, 0.3) is 0 Å². The summed E-state index contributed by atoms with van der Waals surface area (Å²) in [6.45, 7) is 2.05. The molecule has 3 heteroatoms. The molecular formula is C11H18N2S. The number of hydrogen-bond acceptors (Lipinski definition) is 3. The summed E-state index contributed by atoms with van der Waals surface area (Å²) in [6.07, 6.45) is 7.25. The van der Waals surface area contributed by atoms with E-state index in [0.29, 0.717) is 0 Å². The molecule has 0 unspecified atom stereocenters. The van der Waals surface area contributed by atoms with Crippen LogP contribution in [-0.2, 0) is 6.42 Å². The third kappa shape index (κ3) is 2.34. The van der Waals surface area contributed by atoms with Gasteiger partial charge in [-0.25, -0.2) is 4.98 Å². The third-order valence-electron chi connectivity index (χ3n) is 3.05. The van der Waals surface area contributed by atoms with Crippen LogP contribution in [-0.4, -0.2) is 10.5 Å². The van der Waals surface area contributed by atoms with E-state index in [9.17, 15) is 0 Å². The molecule has 0 aromatic carbocycles. The zero-order valence-corrected chi connectivity index (χ0v) is 9.57. The van der Waals surface area contributed by atoms with Gasteiger partial charge in [0, 0.05) is 17.3 Å². The minimum Gasteiger partial charge on any atom is -0.325 e. The van der Waals surface area contributed by atoms with Crippen molar-refractivity contribution in [3.63, 3.8) is 0 Å². The standard InChI is InChI=1S/C11H18N2S/c1-9-13-10(8-14-9)7-11(12)5-3-2-4-6-11/h8H,2-7,12H2,1H3. The minimum atomic E-state index is 0.0404. The molecular weight excluding hydrogens is 192 g/mol. The van der Waals surface area contributed by atoms with Gasteiger partial charge in [-0.3, -0.25) is 0 Å². The van der Waals surface area contributed by atoms with Crippen molar-refractivity contribution >= 4 is 11.3 Å². The minimum absolute atomic E-state index is 0.0404. The van der Waals surface area contributed by atoms with E-state index < -0.39 is 0 Å². The molecule has 1 aromatic rings. The highest BCUT2D eigenvalue weighted by Gasteiger charge is 2.28. The largest absolute Gasteiger partial charge is 0.325 e. The normalized spacial score (nSPS) is 21.0. The average molecular weight is 210 g/mol. The lowest BCUT2D eigenvalue weighted by molar-refractivity contribution is 0.292. The van der Waals surface area contributed by atoms with Crippen molar-refractivity contribution in [2.75, 3.05) is 0 Å². The summed E-state index contributed by atoms with van der Waals surface area (Å²) in [7, 11) is 0. The lowest BCUT2D eigenvalue weighted by Crippen LogP contribution is -2.43. The second-order valence-corrected chi connectivity index (χ2v) is 5.52. The second kappa shape index (κ2) is 3.99. The van der Waals surface area contributed by atoms with E-state index in [1.54, 1.807) is 11.3 Å². The van der Waals surface area contributed by atoms with Gasteiger partial charge in [-0.05, 0) is 19.8 Å². The lowest BCUT2D eigenvalue weighted by atomic mass is 9.79. The first-order valence-corrected chi connectivity index (χ1v) is 6.26. The van der Waals surface area contributed by atoms with Gasteiger partial charge in [-0.1, -0.05) is 19.3 Å². The molecule has 1 saturated carbocycles. The highest BCUT2D eigenvalue weighted by atomic mass is 32.1. The van der Waals surface area contributed by atoms with Gasteiger partial charge in [0.2, 0.25) is 0 Å². The Morgan fingerprint density at radius 3 is 2.71 bits per heavy atom. The van der Waals surface area contributed by atoms with E-state index in [1.165, 1.54) is 37.8 Å². The number of thiazole rings is 1. The molecule has 1 aromatic heterocycles. The topological polar surface area (TPSA) is 38.9 Å². The van der Waals surface area contributed by atoms with Crippen LogP contribution in [0.15, 0.2) is 5.38 Å². The summed E-state index contributed by atoms with van der Waals surface area (Å²) in [5.41, 5.74) is 7.60. The lowest BCUT2D eigenvalue weighted by Gasteiger charge is -2.32. The second-order valence-electron chi connectivity index (χ2n) is 4.46. The molecule has 0 amide bonds. The smallest absolute Gasteiger partial charge is 0.0897 e. The van der Waals surface area contributed by atoms with Crippen LogP contribution in [0.1, 0.15) is 42.8 Å². The molecule has 2 rings (SSSR count). The Hall–Kier alpha value is -0.410. The first-order valence-electron chi connectivity index (χ1n) is 5.38. The SMILES string of the molecule is Cc1nc(CC2(N)CCCCC2)cs1. The monoisotopic (exact) mass is 210 g/mol. The van der Waals surface area contributed by atoms with Gasteiger partial charge in [0.05, 0.1) is 10.7 Å². The van der Waals surface area contributed by atoms with Crippen molar-refractivity contribution in [2.45, 2.75) is 51.0 Å². The Labute approximate surface area is 89.5 Å². The van der Waals surface area contributed by atoms with Crippen molar-refractivity contribution in [2.24, 2.45) is 5.73 Å². The van der Waals surface area contributed by atoms with E-state index in [-0.39, 0.29) is 5.54 Å². The van der Waals surface area contributed by atoms with Gasteiger partial charge < -0.3 is 5.73 Å². The molecule has 1 heterocycles. The molecule has 0 aliphatic heterocycles. The van der Waals surface area contributed by atoms with E-state index in [4.69, 9.17) is 5.73 Å². The number of hydrogen-bond donors (Lipinski definition) is 1. The van der Waals surface area contributed by atoms with E-state index >= 15 is 0 Å². The summed E-state index contributed by atoms with van der Waals surface area (Å²) < 4.78 is 0. The zero-order chi connectivity index (χ0) is 10.0. The van der Waals surface area contributed by atoms with Crippen LogP contribution in [0.2, 0.25) is 0 Å². The van der Waals surface area contributed by atoms with Crippen LogP contribution in [0.4, 0.5) is 0 Å². The molecule has 1 fully saturated rings. The van der Waals surface area contributed by atoms with Crippen molar-refractivity contribution in [1.82, 2.24) is 4.98 Å². The summed E-state index contributed by atoms with van der Waals surface area (Å²) >= 11 is 1.73.